The molecule has 41 heavy (non-hydrogen) atoms. The Morgan fingerprint density at radius 1 is 0.878 bits per heavy atom. The van der Waals surface area contributed by atoms with Crippen LogP contribution in [-0.2, 0) is 18.9 Å². The zero-order valence-corrected chi connectivity index (χ0v) is 23.2. The molecule has 0 amide bonds. The first kappa shape index (κ1) is 34.8. The normalized spacial score (nSPS) is 41.5. The van der Waals surface area contributed by atoms with E-state index in [1.54, 1.807) is 0 Å². The molecule has 1 aliphatic carbocycles. The third-order valence-electron chi connectivity index (χ3n) is 8.09. The quantitative estimate of drug-likeness (QED) is 0.0737. The van der Waals surface area contributed by atoms with Crippen molar-refractivity contribution in [3.63, 3.8) is 0 Å². The molecule has 0 aromatic heterocycles. The molecule has 2 aliphatic heterocycles. The maximum atomic E-state index is 10.6. The van der Waals surface area contributed by atoms with Crippen LogP contribution < -0.4 is 5.73 Å². The highest BCUT2D eigenvalue weighted by atomic mass is 16.8. The van der Waals surface area contributed by atoms with Gasteiger partial charge in [0.1, 0.15) is 60.5 Å². The van der Waals surface area contributed by atoms with E-state index in [-0.39, 0.29) is 12.8 Å². The number of rotatable bonds is 16. The topological polar surface area (TPSA) is 268 Å². The summed E-state index contributed by atoms with van der Waals surface area (Å²) in [5, 5.41) is 102. The van der Waals surface area contributed by atoms with Gasteiger partial charge in [0.05, 0.1) is 25.4 Å². The van der Waals surface area contributed by atoms with Gasteiger partial charge in [0.15, 0.2) is 12.6 Å². The van der Waals surface area contributed by atoms with E-state index in [0.29, 0.717) is 13.1 Å². The average Bonchev–Trinajstić information content (AvgIpc) is 3.66. The Morgan fingerprint density at radius 2 is 1.56 bits per heavy atom. The smallest absolute Gasteiger partial charge is 0.187 e. The first-order valence-corrected chi connectivity index (χ1v) is 14.1. The van der Waals surface area contributed by atoms with Crippen molar-refractivity contribution in [1.29, 1.82) is 0 Å². The van der Waals surface area contributed by atoms with E-state index in [9.17, 15) is 51.1 Å². The predicted octanol–water partition coefficient (Wildman–Crippen LogP) is -5.70. The molecule has 2 heterocycles. The third kappa shape index (κ3) is 8.30. The van der Waals surface area contributed by atoms with Crippen LogP contribution in [0.25, 0.3) is 0 Å². The maximum Gasteiger partial charge on any atom is 0.187 e. The van der Waals surface area contributed by atoms with Crippen molar-refractivity contribution in [3.05, 3.63) is 0 Å². The van der Waals surface area contributed by atoms with Crippen LogP contribution in [0.15, 0.2) is 0 Å². The van der Waals surface area contributed by atoms with Crippen LogP contribution in [-0.4, -0.2) is 181 Å². The van der Waals surface area contributed by atoms with Crippen molar-refractivity contribution >= 4 is 0 Å². The van der Waals surface area contributed by atoms with Gasteiger partial charge in [-0.2, -0.15) is 0 Å². The van der Waals surface area contributed by atoms with Gasteiger partial charge in [-0.25, -0.2) is 0 Å². The molecular formula is C25H48N2O14. The molecule has 2 unspecified atom stereocenters. The third-order valence-corrected chi connectivity index (χ3v) is 8.09. The van der Waals surface area contributed by atoms with Crippen molar-refractivity contribution in [3.8, 4) is 0 Å². The van der Waals surface area contributed by atoms with Crippen molar-refractivity contribution in [2.75, 3.05) is 39.9 Å². The minimum Gasteiger partial charge on any atom is -0.394 e. The van der Waals surface area contributed by atoms with E-state index in [2.05, 4.69) is 0 Å². The number of aliphatic hydroxyl groups is 10. The minimum absolute atomic E-state index is 0.0452. The lowest BCUT2D eigenvalue weighted by Crippen LogP contribution is -2.62. The molecule has 1 spiro atoms. The molecule has 3 fully saturated rings. The monoisotopic (exact) mass is 600 g/mol. The summed E-state index contributed by atoms with van der Waals surface area (Å²) in [6.45, 7) is 0.639. The Labute approximate surface area is 238 Å². The number of nitrogens with two attached hydrogens (primary N) is 1. The van der Waals surface area contributed by atoms with Crippen LogP contribution in [0, 0.1) is 0 Å². The number of hydrogen-bond donors (Lipinski definition) is 11. The molecule has 0 aromatic rings. The Hall–Kier alpha value is -0.640. The van der Waals surface area contributed by atoms with Gasteiger partial charge in [-0.3, -0.25) is 0 Å². The van der Waals surface area contributed by atoms with Gasteiger partial charge in [0, 0.05) is 13.0 Å². The van der Waals surface area contributed by atoms with Crippen molar-refractivity contribution in [2.24, 2.45) is 5.73 Å². The summed E-state index contributed by atoms with van der Waals surface area (Å²) in [5.74, 6) is 0. The predicted molar refractivity (Wildman–Crippen MR) is 138 cm³/mol. The summed E-state index contributed by atoms with van der Waals surface area (Å²) in [6.07, 6.45) is -16.9. The first-order valence-electron chi connectivity index (χ1n) is 14.1. The molecule has 16 heteroatoms. The van der Waals surface area contributed by atoms with Gasteiger partial charge in [-0.05, 0) is 39.4 Å². The highest BCUT2D eigenvalue weighted by molar-refractivity contribution is 5.17. The van der Waals surface area contributed by atoms with Crippen molar-refractivity contribution in [2.45, 2.75) is 117 Å². The lowest BCUT2D eigenvalue weighted by Gasteiger charge is -2.43. The van der Waals surface area contributed by atoms with Crippen molar-refractivity contribution < 1.29 is 70.0 Å². The summed E-state index contributed by atoms with van der Waals surface area (Å²) in [7, 11) is 1.88. The average molecular weight is 601 g/mol. The molecule has 2 saturated heterocycles. The van der Waals surface area contributed by atoms with Crippen LogP contribution in [0.5, 0.6) is 0 Å². The molecule has 0 bridgehead atoms. The molecule has 3 aliphatic rings. The van der Waals surface area contributed by atoms with E-state index in [4.69, 9.17) is 24.7 Å². The summed E-state index contributed by atoms with van der Waals surface area (Å²) in [6, 6.07) is 0. The van der Waals surface area contributed by atoms with Crippen LogP contribution in [0.3, 0.4) is 0 Å². The van der Waals surface area contributed by atoms with Crippen molar-refractivity contribution in [1.82, 2.24) is 4.90 Å². The summed E-state index contributed by atoms with van der Waals surface area (Å²) in [4.78, 5) is 1.99. The fourth-order valence-corrected chi connectivity index (χ4v) is 5.18. The standard InChI is InChI=1S/C25H48N2O14/c1-27(7-4-2-3-6-26)8-5-12(29)16(31)13(30)11-38-23-21(36)19(34)22(37)25(41-23)9-15(25)40-24-20(35)18(33)17(32)14(10-28)39-24/h12-24,28-37H,2-11,26H2,1H3/t12-,13-,14-,15?,16+,17-,18+,19-,20-,21-,22+,23-,24+,25?/m1/s1. The zero-order chi connectivity index (χ0) is 30.5. The van der Waals surface area contributed by atoms with Gasteiger partial charge in [0.25, 0.3) is 0 Å². The second-order valence-corrected chi connectivity index (χ2v) is 11.3. The highest BCUT2D eigenvalue weighted by Crippen LogP contribution is 2.51. The SMILES string of the molecule is CN(CCCCCN)CC[C@@H](O)[C@H](O)[C@H](O)CO[C@@H]1OC2(CC2O[C@@H]2O[C@H](CO)[C@@H](O)[C@H](O)[C@H]2O)[C@@H](O)[C@H](O)[C@H]1O. The fourth-order valence-electron chi connectivity index (χ4n) is 5.18. The largest absolute Gasteiger partial charge is 0.394 e. The van der Waals surface area contributed by atoms with E-state index in [1.807, 2.05) is 11.9 Å². The second-order valence-electron chi connectivity index (χ2n) is 11.3. The zero-order valence-electron chi connectivity index (χ0n) is 23.2. The molecule has 14 atom stereocenters. The molecule has 242 valence electrons. The van der Waals surface area contributed by atoms with E-state index in [1.165, 1.54) is 0 Å². The molecule has 12 N–H and O–H groups in total. The van der Waals surface area contributed by atoms with Crippen LogP contribution in [0.4, 0.5) is 0 Å². The first-order chi connectivity index (χ1) is 19.4. The summed E-state index contributed by atoms with van der Waals surface area (Å²) in [5.41, 5.74) is 3.87. The van der Waals surface area contributed by atoms with Gasteiger partial charge in [0.2, 0.25) is 0 Å². The van der Waals surface area contributed by atoms with E-state index in [0.717, 1.165) is 25.8 Å². The van der Waals surface area contributed by atoms with E-state index >= 15 is 0 Å². The summed E-state index contributed by atoms with van der Waals surface area (Å²) < 4.78 is 22.1. The summed E-state index contributed by atoms with van der Waals surface area (Å²) >= 11 is 0. The maximum absolute atomic E-state index is 10.6. The molecule has 1 saturated carbocycles. The van der Waals surface area contributed by atoms with Crippen LogP contribution in [0.1, 0.15) is 32.1 Å². The Balaban J connectivity index is 1.50. The van der Waals surface area contributed by atoms with Gasteiger partial charge in [-0.15, -0.1) is 0 Å². The second kappa shape index (κ2) is 15.4. The number of aliphatic hydroxyl groups excluding tert-OH is 10. The molecule has 0 aromatic carbocycles. The van der Waals surface area contributed by atoms with Gasteiger partial charge < -0.3 is 80.6 Å². The molecule has 3 rings (SSSR count). The van der Waals surface area contributed by atoms with E-state index < -0.39 is 98.5 Å². The number of unbranched alkanes of at least 4 members (excludes halogenated alkanes) is 2. The minimum atomic E-state index is -1.76. The number of nitrogens with zero attached hydrogens (tertiary/aromatic N) is 1. The van der Waals surface area contributed by atoms with Gasteiger partial charge >= 0.3 is 0 Å². The van der Waals surface area contributed by atoms with Crippen LogP contribution in [0.2, 0.25) is 0 Å². The lowest BCUT2D eigenvalue weighted by molar-refractivity contribution is -0.335. The molecule has 16 nitrogen and oxygen atoms in total. The Morgan fingerprint density at radius 3 is 2.22 bits per heavy atom. The number of ether oxygens (including phenoxy) is 4. The highest BCUT2D eigenvalue weighted by Gasteiger charge is 2.69. The number of hydrogen-bond acceptors (Lipinski definition) is 16. The Kier molecular flexibility index (Phi) is 13.1. The Bertz CT molecular complexity index is 785. The lowest BCUT2D eigenvalue weighted by atomic mass is 9.96. The van der Waals surface area contributed by atoms with Gasteiger partial charge in [-0.1, -0.05) is 6.42 Å². The molecular weight excluding hydrogens is 552 g/mol. The fraction of sp³-hybridized carbons (Fsp3) is 1.00. The van der Waals surface area contributed by atoms with Crippen LogP contribution >= 0.6 is 0 Å². The molecule has 0 radical (unpaired) electrons.